The molecule has 53 heavy (non-hydrogen) atoms. The van der Waals surface area contributed by atoms with Gasteiger partial charge in [-0.1, -0.05) is 0 Å². The van der Waals surface area contributed by atoms with Gasteiger partial charge in [0.2, 0.25) is 0 Å². The second-order valence-electron chi connectivity index (χ2n) is 13.1. The summed E-state index contributed by atoms with van der Waals surface area (Å²) in [5.41, 5.74) is 7.80. The Labute approximate surface area is 296 Å². The lowest BCUT2D eigenvalue weighted by Gasteiger charge is -2.33. The molecule has 20 heteroatoms. The van der Waals surface area contributed by atoms with Gasteiger partial charge in [0.05, 0.1) is 44.6 Å². The molecule has 0 aliphatic heterocycles. The van der Waals surface area contributed by atoms with Gasteiger partial charge in [0, 0.05) is 34.2 Å². The molecule has 4 N–H and O–H groups in total. The van der Waals surface area contributed by atoms with Crippen molar-refractivity contribution >= 4 is 16.9 Å². The van der Waals surface area contributed by atoms with Gasteiger partial charge in [-0.15, -0.1) is 22.0 Å². The molecule has 1 heterocycles. The lowest BCUT2D eigenvalue weighted by Crippen LogP contribution is -2.50. The number of hydrogen-bond acceptors (Lipinski definition) is 11. The van der Waals surface area contributed by atoms with Crippen LogP contribution < -0.4 is 31.3 Å². The van der Waals surface area contributed by atoms with Gasteiger partial charge in [-0.25, -0.2) is 14.3 Å². The number of fused-ring (bicyclic) bond motifs is 1. The Hall–Kier alpha value is -4.27. The lowest BCUT2D eigenvalue weighted by molar-refractivity contribution is -0.514. The molecular formula is C33H37F9N2O9. The second kappa shape index (κ2) is 16.0. The van der Waals surface area contributed by atoms with Crippen LogP contribution in [0.15, 0.2) is 51.7 Å². The molecule has 1 atom stereocenters. The smallest absolute Gasteiger partial charge is 0.497 e. The summed E-state index contributed by atoms with van der Waals surface area (Å²) in [6.45, 7) is 3.91. The van der Waals surface area contributed by atoms with E-state index in [4.69, 9.17) is 30.1 Å². The molecule has 11 nitrogen and oxygen atoms in total. The predicted molar refractivity (Wildman–Crippen MR) is 168 cm³/mol. The van der Waals surface area contributed by atoms with E-state index in [1.807, 2.05) is 0 Å². The van der Waals surface area contributed by atoms with E-state index in [0.29, 0.717) is 0 Å². The van der Waals surface area contributed by atoms with Crippen LogP contribution in [-0.4, -0.2) is 62.2 Å². The highest BCUT2D eigenvalue weighted by atomic mass is 19.4. The van der Waals surface area contributed by atoms with Crippen LogP contribution in [0.3, 0.4) is 0 Å². The van der Waals surface area contributed by atoms with Crippen LogP contribution in [0, 0.1) is 5.92 Å². The first-order valence-corrected chi connectivity index (χ1v) is 15.5. The average Bonchev–Trinajstić information content (AvgIpc) is 2.96. The lowest BCUT2D eigenvalue weighted by atomic mass is 9.80. The van der Waals surface area contributed by atoms with Crippen molar-refractivity contribution in [2.24, 2.45) is 17.4 Å². The van der Waals surface area contributed by atoms with Gasteiger partial charge in [0.1, 0.15) is 22.8 Å². The van der Waals surface area contributed by atoms with Crippen molar-refractivity contribution in [2.75, 3.05) is 20.3 Å². The van der Waals surface area contributed by atoms with E-state index in [-0.39, 0.29) is 40.0 Å². The van der Waals surface area contributed by atoms with E-state index in [9.17, 15) is 49.1 Å². The molecule has 0 aliphatic carbocycles. The van der Waals surface area contributed by atoms with Crippen LogP contribution in [0.25, 0.3) is 22.1 Å². The third kappa shape index (κ3) is 13.6. The summed E-state index contributed by atoms with van der Waals surface area (Å²) in [7, 11) is 1.20. The summed E-state index contributed by atoms with van der Waals surface area (Å²) in [5.74, 6) is -3.10. The van der Waals surface area contributed by atoms with E-state index in [2.05, 4.69) is 14.2 Å². The van der Waals surface area contributed by atoms with Crippen LogP contribution in [0.1, 0.15) is 47.0 Å². The summed E-state index contributed by atoms with van der Waals surface area (Å²) >= 11 is 0. The third-order valence-corrected chi connectivity index (χ3v) is 7.16. The fraction of sp³-hybridized carbons (Fsp3) is 0.515. The largest absolute Gasteiger partial charge is 0.573 e. The van der Waals surface area contributed by atoms with Gasteiger partial charge < -0.3 is 34.8 Å². The van der Waals surface area contributed by atoms with Crippen LogP contribution in [-0.2, 0) is 19.0 Å². The van der Waals surface area contributed by atoms with E-state index in [1.54, 1.807) is 13.8 Å². The van der Waals surface area contributed by atoms with Crippen molar-refractivity contribution < 1.29 is 77.1 Å². The monoisotopic (exact) mass is 776 g/mol. The molecular weight excluding hydrogens is 739 g/mol. The summed E-state index contributed by atoms with van der Waals surface area (Å²) in [4.78, 5) is 25.2. The van der Waals surface area contributed by atoms with E-state index in [1.165, 1.54) is 45.2 Å². The van der Waals surface area contributed by atoms with Crippen LogP contribution in [0.2, 0.25) is 0 Å². The first-order chi connectivity index (χ1) is 24.1. The fourth-order valence-corrected chi connectivity index (χ4v) is 4.74. The van der Waals surface area contributed by atoms with Gasteiger partial charge in [-0.3, -0.25) is 4.79 Å². The Morgan fingerprint density at radius 3 is 1.92 bits per heavy atom. The summed E-state index contributed by atoms with van der Waals surface area (Å²) in [6.07, 6.45) is -23.5. The number of benzene rings is 2. The molecule has 3 aromatic rings. The quantitative estimate of drug-likeness (QED) is 0.0578. The van der Waals surface area contributed by atoms with E-state index in [0.717, 1.165) is 18.2 Å². The number of rotatable bonds is 18. The number of esters is 1. The van der Waals surface area contributed by atoms with Gasteiger partial charge in [0.15, 0.2) is 0 Å². The molecule has 296 valence electrons. The average molecular weight is 777 g/mol. The van der Waals surface area contributed by atoms with Gasteiger partial charge in [-0.2, -0.15) is 17.6 Å². The van der Waals surface area contributed by atoms with Gasteiger partial charge in [0.25, 0.3) is 0 Å². The maximum absolute atomic E-state index is 14.2. The molecule has 2 aromatic carbocycles. The predicted octanol–water partition coefficient (Wildman–Crippen LogP) is 7.32. The van der Waals surface area contributed by atoms with Crippen LogP contribution in [0.4, 0.5) is 39.5 Å². The van der Waals surface area contributed by atoms with Gasteiger partial charge >= 0.3 is 36.5 Å². The maximum Gasteiger partial charge on any atom is 0.573 e. The third-order valence-electron chi connectivity index (χ3n) is 7.16. The highest BCUT2D eigenvalue weighted by Gasteiger charge is 2.52. The van der Waals surface area contributed by atoms with Crippen molar-refractivity contribution in [1.29, 1.82) is 0 Å². The Morgan fingerprint density at radius 2 is 1.38 bits per heavy atom. The first-order valence-electron chi connectivity index (χ1n) is 15.5. The zero-order valence-electron chi connectivity index (χ0n) is 28.9. The van der Waals surface area contributed by atoms with Crippen LogP contribution in [0.5, 0.6) is 17.2 Å². The minimum Gasteiger partial charge on any atom is -0.497 e. The van der Waals surface area contributed by atoms with Crippen LogP contribution >= 0.6 is 0 Å². The molecule has 1 unspecified atom stereocenters. The van der Waals surface area contributed by atoms with Crippen molar-refractivity contribution in [2.45, 2.75) is 82.9 Å². The molecule has 0 saturated heterocycles. The molecule has 3 rings (SSSR count). The van der Waals surface area contributed by atoms with Crippen molar-refractivity contribution in [3.05, 3.63) is 52.9 Å². The molecule has 1 aromatic heterocycles. The Bertz CT molecular complexity index is 1790. The molecule has 0 spiro atoms. The molecule has 0 amide bonds. The zero-order chi connectivity index (χ0) is 40.2. The Balaban J connectivity index is 1.60. The Kier molecular flexibility index (Phi) is 13.0. The minimum absolute atomic E-state index is 0.00502. The number of carbonyl (C=O) groups excluding carboxylic acids is 1. The SMILES string of the molecule is COc1ccc(-c2cc3ccc(OCCC(F)(F)OC(F)(F)OC(F)(F)CCOC(=O)C(CC(C)(C)N)C(C)(C)N)cc3oc2=O)c(OC(F)(F)F)c1. The standard InChI is InChI=1S/C33H37F9N2O9/c1-28(2,43)17-23(29(3,4)44)27(46)49-13-11-31(36,37)53-33(41,42)52-30(34,35)10-12-48-20-7-6-18-14-22(26(45)50-24(18)16-20)21-9-8-19(47-5)15-25(21)51-32(38,39)40/h6-9,14-16,23H,10-13,17,43-44H2,1-5H3. The number of hydrogen-bond donors (Lipinski definition) is 2. The highest BCUT2D eigenvalue weighted by Crippen LogP contribution is 2.38. The van der Waals surface area contributed by atoms with E-state index < -0.39 is 85.3 Å². The summed E-state index contributed by atoms with van der Waals surface area (Å²) < 4.78 is 154. The molecule has 0 fully saturated rings. The molecule has 0 saturated carbocycles. The number of methoxy groups -OCH3 is 1. The zero-order valence-corrected chi connectivity index (χ0v) is 28.9. The fourth-order valence-electron chi connectivity index (χ4n) is 4.74. The molecule has 0 radical (unpaired) electrons. The highest BCUT2D eigenvalue weighted by molar-refractivity contribution is 5.84. The summed E-state index contributed by atoms with van der Waals surface area (Å²) in [6, 6.07) is 7.94. The number of halogens is 9. The van der Waals surface area contributed by atoms with Gasteiger partial charge in [-0.05, 0) is 64.4 Å². The molecule has 0 bridgehead atoms. The second-order valence-corrected chi connectivity index (χ2v) is 13.1. The van der Waals surface area contributed by atoms with Crippen molar-refractivity contribution in [1.82, 2.24) is 0 Å². The number of ether oxygens (including phenoxy) is 6. The normalized spacial score (nSPS) is 13.9. The minimum atomic E-state index is -5.53. The van der Waals surface area contributed by atoms with Crippen molar-refractivity contribution in [3.63, 3.8) is 0 Å². The van der Waals surface area contributed by atoms with E-state index >= 15 is 0 Å². The summed E-state index contributed by atoms with van der Waals surface area (Å²) in [5, 5.41) is 0.143. The number of alkyl halides is 9. The number of nitrogens with two attached hydrogens (primary N) is 2. The number of carbonyl (C=O) groups is 1. The van der Waals surface area contributed by atoms with Crippen molar-refractivity contribution in [3.8, 4) is 28.4 Å². The molecule has 0 aliphatic rings. The first kappa shape index (κ1) is 43.1. The Morgan fingerprint density at radius 1 is 0.792 bits per heavy atom. The maximum atomic E-state index is 14.2. The topological polar surface area (TPSA) is 155 Å².